The Labute approximate surface area is 176 Å². The van der Waals surface area contributed by atoms with Gasteiger partial charge >= 0.3 is 0 Å². The van der Waals surface area contributed by atoms with E-state index in [1.54, 1.807) is 19.2 Å². The van der Waals surface area contributed by atoms with Gasteiger partial charge in [-0.1, -0.05) is 42.3 Å². The average molecular weight is 411 g/mol. The van der Waals surface area contributed by atoms with Crippen molar-refractivity contribution in [1.82, 2.24) is 5.32 Å². The minimum Gasteiger partial charge on any atom is -0.493 e. The molecule has 1 atom stereocenters. The largest absolute Gasteiger partial charge is 0.493 e. The highest BCUT2D eigenvalue weighted by Crippen LogP contribution is 2.28. The molecule has 6 heteroatoms. The van der Waals surface area contributed by atoms with Crippen LogP contribution in [0.1, 0.15) is 17.2 Å². The van der Waals surface area contributed by atoms with Crippen molar-refractivity contribution in [3.05, 3.63) is 59.4 Å². The quantitative estimate of drug-likeness (QED) is 0.477. The molecule has 2 aromatic carbocycles. The first kappa shape index (κ1) is 22.2. The minimum absolute atomic E-state index is 0.0974. The lowest BCUT2D eigenvalue weighted by molar-refractivity contribution is 0.127. The molecule has 0 aliphatic rings. The molecule has 150 valence electrons. The van der Waals surface area contributed by atoms with Crippen molar-refractivity contribution in [2.45, 2.75) is 12.5 Å². The number of benzene rings is 2. The third-order valence-corrected chi connectivity index (χ3v) is 4.35. The predicted molar refractivity (Wildman–Crippen MR) is 116 cm³/mol. The van der Waals surface area contributed by atoms with Gasteiger partial charge in [0.25, 0.3) is 0 Å². The van der Waals surface area contributed by atoms with Gasteiger partial charge in [0, 0.05) is 6.54 Å². The first-order valence-corrected chi connectivity index (χ1v) is 9.31. The molecular formula is C23H22FNO3S. The summed E-state index contributed by atoms with van der Waals surface area (Å²) in [4.78, 5) is 0.479. The second-order valence-corrected chi connectivity index (χ2v) is 6.41. The van der Waals surface area contributed by atoms with Crippen molar-refractivity contribution in [3.8, 4) is 36.2 Å². The van der Waals surface area contributed by atoms with Gasteiger partial charge in [0.15, 0.2) is 11.5 Å². The first-order valence-electron chi connectivity index (χ1n) is 8.90. The predicted octanol–water partition coefficient (Wildman–Crippen LogP) is 3.70. The zero-order chi connectivity index (χ0) is 21.1. The van der Waals surface area contributed by atoms with Crippen molar-refractivity contribution < 1.29 is 18.6 Å². The van der Waals surface area contributed by atoms with Gasteiger partial charge in [-0.15, -0.1) is 12.8 Å². The van der Waals surface area contributed by atoms with Crippen LogP contribution in [0.4, 0.5) is 4.39 Å². The molecule has 29 heavy (non-hydrogen) atoms. The Kier molecular flexibility index (Phi) is 8.98. The van der Waals surface area contributed by atoms with Crippen LogP contribution in [0.3, 0.4) is 0 Å². The summed E-state index contributed by atoms with van der Waals surface area (Å²) in [6, 6.07) is 11.6. The molecule has 0 saturated carbocycles. The van der Waals surface area contributed by atoms with Gasteiger partial charge in [0.2, 0.25) is 0 Å². The molecule has 0 amide bonds. The molecule has 2 aromatic rings. The number of hydrogen-bond acceptors (Lipinski definition) is 4. The molecular weight excluding hydrogens is 389 g/mol. The summed E-state index contributed by atoms with van der Waals surface area (Å²) in [6.45, 7) is 0.845. The summed E-state index contributed by atoms with van der Waals surface area (Å²) in [5, 5.41) is 3.19. The molecule has 0 fully saturated rings. The van der Waals surface area contributed by atoms with E-state index in [1.165, 1.54) is 12.1 Å². The maximum atomic E-state index is 13.2. The molecule has 0 bridgehead atoms. The summed E-state index contributed by atoms with van der Waals surface area (Å²) in [5.74, 6) is 5.73. The summed E-state index contributed by atoms with van der Waals surface area (Å²) in [7, 11) is 1.57. The van der Waals surface area contributed by atoms with Gasteiger partial charge in [-0.2, -0.15) is 0 Å². The van der Waals surface area contributed by atoms with Gasteiger partial charge < -0.3 is 19.5 Å². The second kappa shape index (κ2) is 11.7. The fourth-order valence-corrected chi connectivity index (χ4v) is 2.93. The Morgan fingerprint density at radius 3 is 2.48 bits per heavy atom. The fourth-order valence-electron chi connectivity index (χ4n) is 2.62. The fraction of sp³-hybridized carbons (Fsp3) is 0.261. The number of methoxy groups -OCH3 is 1. The molecule has 0 heterocycles. The van der Waals surface area contributed by atoms with Gasteiger partial charge in [-0.25, -0.2) is 4.39 Å². The van der Waals surface area contributed by atoms with E-state index in [1.807, 2.05) is 18.2 Å². The summed E-state index contributed by atoms with van der Waals surface area (Å²) in [5.41, 5.74) is 1.77. The van der Waals surface area contributed by atoms with E-state index in [-0.39, 0.29) is 19.0 Å². The van der Waals surface area contributed by atoms with Gasteiger partial charge in [0.1, 0.15) is 30.1 Å². The van der Waals surface area contributed by atoms with E-state index in [4.69, 9.17) is 39.3 Å². The Morgan fingerprint density at radius 2 is 1.83 bits per heavy atom. The molecule has 0 saturated heterocycles. The summed E-state index contributed by atoms with van der Waals surface area (Å²) in [6.07, 6.45) is 10.7. The van der Waals surface area contributed by atoms with Crippen molar-refractivity contribution in [2.24, 2.45) is 0 Å². The van der Waals surface area contributed by atoms with E-state index in [2.05, 4.69) is 17.2 Å². The summed E-state index contributed by atoms with van der Waals surface area (Å²) >= 11 is 5.47. The lowest BCUT2D eigenvalue weighted by atomic mass is 10.1. The van der Waals surface area contributed by atoms with E-state index in [0.29, 0.717) is 29.5 Å². The van der Waals surface area contributed by atoms with Crippen molar-refractivity contribution in [1.29, 1.82) is 0 Å². The minimum atomic E-state index is -0.546. The van der Waals surface area contributed by atoms with Gasteiger partial charge in [-0.05, 0) is 41.8 Å². The van der Waals surface area contributed by atoms with Crippen LogP contribution in [0.2, 0.25) is 0 Å². The van der Waals surface area contributed by atoms with Gasteiger partial charge in [0.05, 0.1) is 7.11 Å². The summed E-state index contributed by atoms with van der Waals surface area (Å²) < 4.78 is 29.7. The highest BCUT2D eigenvalue weighted by atomic mass is 32.1. The third kappa shape index (κ3) is 6.80. The molecule has 0 radical (unpaired) electrons. The monoisotopic (exact) mass is 411 g/mol. The molecule has 0 aliphatic carbocycles. The first-order chi connectivity index (χ1) is 14.1. The molecule has 1 N–H and O–H groups in total. The molecule has 2 rings (SSSR count). The number of ether oxygens (including phenoxy) is 3. The molecule has 0 aromatic heterocycles. The Morgan fingerprint density at radius 1 is 1.10 bits per heavy atom. The van der Waals surface area contributed by atoms with Crippen LogP contribution < -0.4 is 14.8 Å². The third-order valence-electron chi connectivity index (χ3n) is 4.00. The Balaban J connectivity index is 1.98. The molecule has 1 unspecified atom stereocenters. The second-order valence-electron chi connectivity index (χ2n) is 5.97. The molecule has 0 aliphatic heterocycles. The number of hydrogen-bond donors (Lipinski definition) is 1. The van der Waals surface area contributed by atoms with E-state index < -0.39 is 6.10 Å². The molecule has 4 nitrogen and oxygen atoms in total. The van der Waals surface area contributed by atoms with Gasteiger partial charge in [-0.3, -0.25) is 0 Å². The zero-order valence-corrected chi connectivity index (χ0v) is 16.9. The standard InChI is InChI=1S/C23H22FNO3S/c1-4-14-27-20-11-6-17(16-21(20)26-3)12-13-25-23(29)22(28-15-5-2)18-7-9-19(24)10-8-18/h1-2,6-11,16,22H,12-15H2,3H3,(H,25,29). The van der Waals surface area contributed by atoms with Crippen molar-refractivity contribution >= 4 is 17.2 Å². The Hall–Kier alpha value is -3.06. The van der Waals surface area contributed by atoms with Crippen LogP contribution in [0.5, 0.6) is 11.5 Å². The zero-order valence-electron chi connectivity index (χ0n) is 16.1. The number of halogens is 1. The smallest absolute Gasteiger partial charge is 0.162 e. The number of thiocarbonyl (C=S) groups is 1. The highest BCUT2D eigenvalue weighted by molar-refractivity contribution is 7.80. The Bertz CT molecular complexity index is 900. The average Bonchev–Trinajstić information content (AvgIpc) is 2.74. The van der Waals surface area contributed by atoms with Crippen LogP contribution in [0.25, 0.3) is 0 Å². The maximum absolute atomic E-state index is 13.2. The van der Waals surface area contributed by atoms with Crippen LogP contribution in [0, 0.1) is 30.5 Å². The van der Waals surface area contributed by atoms with E-state index in [0.717, 1.165) is 11.1 Å². The van der Waals surface area contributed by atoms with E-state index in [9.17, 15) is 4.39 Å². The SMILES string of the molecule is C#CCOc1ccc(CCNC(=S)C(OCC#C)c2ccc(F)cc2)cc1OC. The topological polar surface area (TPSA) is 39.7 Å². The van der Waals surface area contributed by atoms with Crippen LogP contribution in [0.15, 0.2) is 42.5 Å². The lowest BCUT2D eigenvalue weighted by Crippen LogP contribution is -2.31. The number of nitrogens with one attached hydrogen (secondary N) is 1. The highest BCUT2D eigenvalue weighted by Gasteiger charge is 2.17. The van der Waals surface area contributed by atoms with Crippen molar-refractivity contribution in [3.63, 3.8) is 0 Å². The van der Waals surface area contributed by atoms with E-state index >= 15 is 0 Å². The van der Waals surface area contributed by atoms with Crippen molar-refractivity contribution in [2.75, 3.05) is 26.9 Å². The maximum Gasteiger partial charge on any atom is 0.162 e. The molecule has 0 spiro atoms. The van der Waals surface area contributed by atoms with Crippen LogP contribution in [-0.2, 0) is 11.2 Å². The number of rotatable bonds is 10. The van der Waals surface area contributed by atoms with Crippen LogP contribution >= 0.6 is 12.2 Å². The lowest BCUT2D eigenvalue weighted by Gasteiger charge is -2.20. The van der Waals surface area contributed by atoms with Crippen LogP contribution in [-0.4, -0.2) is 31.9 Å². The number of terminal acetylenes is 2. The normalized spacial score (nSPS) is 11.0.